The predicted octanol–water partition coefficient (Wildman–Crippen LogP) is 0.688. The van der Waals surface area contributed by atoms with Gasteiger partial charge >= 0.3 is 0 Å². The molecule has 49 heavy (non-hydrogen) atoms. The predicted molar refractivity (Wildman–Crippen MR) is 176 cm³/mol. The Hall–Kier alpha value is -5.73. The van der Waals surface area contributed by atoms with Crippen molar-refractivity contribution in [1.29, 1.82) is 0 Å². The van der Waals surface area contributed by atoms with Crippen LogP contribution >= 0.6 is 0 Å². The number of amides is 6. The zero-order chi connectivity index (χ0) is 35.5. The fourth-order valence-corrected chi connectivity index (χ4v) is 5.10. The van der Waals surface area contributed by atoms with Crippen molar-refractivity contribution in [2.75, 3.05) is 19.7 Å². The molecule has 0 spiro atoms. The summed E-state index contributed by atoms with van der Waals surface area (Å²) < 4.78 is 10.7. The number of carbonyl (C=O) groups excluding carboxylic acids is 6. The van der Waals surface area contributed by atoms with Crippen LogP contribution in [-0.2, 0) is 32.1 Å². The Bertz CT molecular complexity index is 1660. The Morgan fingerprint density at radius 1 is 0.959 bits per heavy atom. The SMILES string of the molecule is CC(C)C[C@H]1NC(=O)[C@@H](C)NC(=O)c2cc(on2)CN(C(=O)c2cccc(OCC(N)=O)c2)CCNC(=O)[C@@H](Cc2ccccc2)NC1=O. The van der Waals surface area contributed by atoms with Gasteiger partial charge in [0.15, 0.2) is 18.1 Å². The van der Waals surface area contributed by atoms with E-state index in [9.17, 15) is 28.8 Å². The number of nitrogens with two attached hydrogens (primary N) is 1. The lowest BCUT2D eigenvalue weighted by Crippen LogP contribution is -2.57. The number of hydrogen-bond acceptors (Lipinski definition) is 9. The average Bonchev–Trinajstić information content (AvgIpc) is 3.54. The number of aromatic nitrogens is 1. The Morgan fingerprint density at radius 2 is 1.69 bits per heavy atom. The maximum Gasteiger partial charge on any atom is 0.274 e. The molecule has 2 heterocycles. The number of rotatable bonds is 8. The lowest BCUT2D eigenvalue weighted by atomic mass is 10.0. The van der Waals surface area contributed by atoms with Crippen LogP contribution in [0.1, 0.15) is 59.4 Å². The molecule has 0 fully saturated rings. The Morgan fingerprint density at radius 3 is 2.41 bits per heavy atom. The summed E-state index contributed by atoms with van der Waals surface area (Å²) in [5, 5.41) is 14.7. The van der Waals surface area contributed by atoms with Crippen molar-refractivity contribution < 1.29 is 38.0 Å². The summed E-state index contributed by atoms with van der Waals surface area (Å²) in [5.74, 6) is -3.12. The van der Waals surface area contributed by atoms with E-state index in [1.165, 1.54) is 24.0 Å². The van der Waals surface area contributed by atoms with Gasteiger partial charge in [-0.2, -0.15) is 0 Å². The van der Waals surface area contributed by atoms with Gasteiger partial charge in [0, 0.05) is 31.1 Å². The molecule has 1 aliphatic heterocycles. The number of nitrogens with zero attached hydrogens (tertiary/aromatic N) is 2. The van der Waals surface area contributed by atoms with Gasteiger partial charge in [0.25, 0.3) is 17.7 Å². The number of hydrogen-bond donors (Lipinski definition) is 5. The van der Waals surface area contributed by atoms with E-state index in [0.29, 0.717) is 0 Å². The smallest absolute Gasteiger partial charge is 0.274 e. The quantitative estimate of drug-likeness (QED) is 0.227. The molecule has 1 aromatic heterocycles. The van der Waals surface area contributed by atoms with Crippen LogP contribution in [0.15, 0.2) is 65.2 Å². The fourth-order valence-electron chi connectivity index (χ4n) is 5.10. The summed E-state index contributed by atoms with van der Waals surface area (Å²) in [4.78, 5) is 79.6. The molecule has 4 rings (SSSR count). The normalized spacial score (nSPS) is 19.5. The minimum Gasteiger partial charge on any atom is -0.484 e. The van der Waals surface area contributed by atoms with Crippen molar-refractivity contribution in [3.8, 4) is 5.75 Å². The van der Waals surface area contributed by atoms with Crippen LogP contribution in [0, 0.1) is 5.92 Å². The Labute approximate surface area is 283 Å². The first kappa shape index (κ1) is 36.1. The van der Waals surface area contributed by atoms with Crippen LogP contribution in [0.4, 0.5) is 0 Å². The third kappa shape index (κ3) is 10.6. The number of ether oxygens (including phenoxy) is 1. The molecule has 260 valence electrons. The molecule has 0 saturated carbocycles. The summed E-state index contributed by atoms with van der Waals surface area (Å²) in [6, 6.07) is 13.5. The van der Waals surface area contributed by atoms with Crippen molar-refractivity contribution in [2.24, 2.45) is 11.7 Å². The van der Waals surface area contributed by atoms with Gasteiger partial charge in [0.05, 0.1) is 6.54 Å². The third-order valence-electron chi connectivity index (χ3n) is 7.57. The highest BCUT2D eigenvalue weighted by atomic mass is 16.5. The second-order valence-electron chi connectivity index (χ2n) is 12.1. The highest BCUT2D eigenvalue weighted by Gasteiger charge is 2.30. The van der Waals surface area contributed by atoms with E-state index in [2.05, 4.69) is 26.4 Å². The number of carbonyl (C=O) groups is 6. The molecule has 15 nitrogen and oxygen atoms in total. The molecule has 0 unspecified atom stereocenters. The van der Waals surface area contributed by atoms with Gasteiger partial charge in [-0.15, -0.1) is 0 Å². The van der Waals surface area contributed by atoms with Gasteiger partial charge in [-0.05, 0) is 43.0 Å². The highest BCUT2D eigenvalue weighted by Crippen LogP contribution is 2.17. The van der Waals surface area contributed by atoms with Crippen LogP contribution in [0.3, 0.4) is 0 Å². The third-order valence-corrected chi connectivity index (χ3v) is 7.57. The second-order valence-corrected chi connectivity index (χ2v) is 12.1. The van der Waals surface area contributed by atoms with Gasteiger partial charge in [0.1, 0.15) is 23.9 Å². The molecule has 6 N–H and O–H groups in total. The summed E-state index contributed by atoms with van der Waals surface area (Å²) in [7, 11) is 0. The molecule has 3 atom stereocenters. The summed E-state index contributed by atoms with van der Waals surface area (Å²) in [6.45, 7) is 4.70. The van der Waals surface area contributed by atoms with Gasteiger partial charge < -0.3 is 41.2 Å². The van der Waals surface area contributed by atoms with Gasteiger partial charge in [-0.1, -0.05) is 55.4 Å². The van der Waals surface area contributed by atoms with Crippen LogP contribution in [0.25, 0.3) is 0 Å². The minimum atomic E-state index is -1.06. The molecule has 15 heteroatoms. The molecule has 1 aliphatic rings. The van der Waals surface area contributed by atoms with Crippen molar-refractivity contribution in [2.45, 2.75) is 58.3 Å². The average molecular weight is 676 g/mol. The molecule has 2 aromatic carbocycles. The van der Waals surface area contributed by atoms with Crippen molar-refractivity contribution in [3.63, 3.8) is 0 Å². The highest BCUT2D eigenvalue weighted by molar-refractivity contribution is 5.98. The summed E-state index contributed by atoms with van der Waals surface area (Å²) in [5.41, 5.74) is 6.05. The van der Waals surface area contributed by atoms with Gasteiger partial charge in [0.2, 0.25) is 17.7 Å². The second kappa shape index (κ2) is 16.9. The first-order chi connectivity index (χ1) is 23.4. The number of benzene rings is 2. The van der Waals surface area contributed by atoms with Crippen molar-refractivity contribution >= 4 is 35.4 Å². The molecular formula is C34H41N7O8. The molecule has 0 aliphatic carbocycles. The van der Waals surface area contributed by atoms with Gasteiger partial charge in [-0.3, -0.25) is 28.8 Å². The van der Waals surface area contributed by atoms with Crippen LogP contribution < -0.4 is 31.7 Å². The van der Waals surface area contributed by atoms with E-state index < -0.39 is 53.6 Å². The standard InChI is InChI=1S/C34H41N7O8/c1-20(2)14-26-32(45)39-27(15-22-8-5-4-6-9-22)31(44)36-12-13-41(34(47)23-10-7-11-24(16-23)48-19-29(35)42)18-25-17-28(40-49-25)33(46)37-21(3)30(43)38-26/h4-11,16-17,20-21,26-27H,12-15,18-19H2,1-3H3,(H2,35,42)(H,36,44)(H,37,46)(H,38,43)(H,39,45)/t21-,26-,27-/m1/s1. The largest absolute Gasteiger partial charge is 0.484 e. The molecule has 0 saturated heterocycles. The van der Waals surface area contributed by atoms with E-state index in [0.717, 1.165) is 5.56 Å². The molecule has 2 bridgehead atoms. The van der Waals surface area contributed by atoms with E-state index in [1.54, 1.807) is 18.2 Å². The number of fused-ring (bicyclic) bond motifs is 2. The summed E-state index contributed by atoms with van der Waals surface area (Å²) in [6.07, 6.45) is 0.436. The van der Waals surface area contributed by atoms with E-state index in [-0.39, 0.29) is 67.8 Å². The first-order valence-electron chi connectivity index (χ1n) is 15.9. The number of primary amides is 1. The van der Waals surface area contributed by atoms with E-state index in [4.69, 9.17) is 15.0 Å². The Kier molecular flexibility index (Phi) is 12.5. The van der Waals surface area contributed by atoms with Crippen LogP contribution in [0.5, 0.6) is 5.75 Å². The lowest BCUT2D eigenvalue weighted by Gasteiger charge is -2.26. The van der Waals surface area contributed by atoms with Crippen LogP contribution in [-0.4, -0.2) is 83.3 Å². The fraction of sp³-hybridized carbons (Fsp3) is 0.382. The molecular weight excluding hydrogens is 634 g/mol. The molecule has 6 amide bonds. The van der Waals surface area contributed by atoms with Crippen LogP contribution in [0.2, 0.25) is 0 Å². The summed E-state index contributed by atoms with van der Waals surface area (Å²) >= 11 is 0. The van der Waals surface area contributed by atoms with E-state index in [1.807, 2.05) is 44.2 Å². The topological polar surface area (TPSA) is 215 Å². The zero-order valence-corrected chi connectivity index (χ0v) is 27.6. The molecule has 3 aromatic rings. The van der Waals surface area contributed by atoms with Gasteiger partial charge in [-0.25, -0.2) is 0 Å². The lowest BCUT2D eigenvalue weighted by molar-refractivity contribution is -0.132. The maximum atomic E-state index is 13.8. The van der Waals surface area contributed by atoms with E-state index >= 15 is 0 Å². The van der Waals surface area contributed by atoms with Crippen molar-refractivity contribution in [1.82, 2.24) is 31.3 Å². The zero-order valence-electron chi connectivity index (χ0n) is 27.6. The number of nitrogens with one attached hydrogen (secondary N) is 4. The maximum absolute atomic E-state index is 13.8. The Balaban J connectivity index is 1.65. The monoisotopic (exact) mass is 675 g/mol. The van der Waals surface area contributed by atoms with Crippen molar-refractivity contribution in [3.05, 3.63) is 83.2 Å². The minimum absolute atomic E-state index is 0.00571. The molecule has 0 radical (unpaired) electrons. The first-order valence-corrected chi connectivity index (χ1v) is 15.9.